The monoisotopic (exact) mass is 433 g/mol. The molecule has 7 nitrogen and oxygen atoms in total. The van der Waals surface area contributed by atoms with Crippen LogP contribution in [0.1, 0.15) is 54.1 Å². The van der Waals surface area contributed by atoms with Crippen molar-refractivity contribution >= 4 is 12.0 Å². The van der Waals surface area contributed by atoms with E-state index in [1.807, 2.05) is 6.07 Å². The van der Waals surface area contributed by atoms with Crippen LogP contribution in [0.5, 0.6) is 0 Å². The molecule has 168 valence electrons. The van der Waals surface area contributed by atoms with E-state index in [9.17, 15) is 4.79 Å². The van der Waals surface area contributed by atoms with Gasteiger partial charge in [-0.25, -0.2) is 0 Å². The Bertz CT molecular complexity index is 1020. The van der Waals surface area contributed by atoms with Crippen molar-refractivity contribution in [1.82, 2.24) is 25.0 Å². The molecule has 1 aromatic carbocycles. The normalized spacial score (nSPS) is 15.6. The number of furan rings is 1. The van der Waals surface area contributed by atoms with Crippen LogP contribution in [0.2, 0.25) is 0 Å². The average Bonchev–Trinajstić information content (AvgIpc) is 3.42. The molecule has 3 heterocycles. The summed E-state index contributed by atoms with van der Waals surface area (Å²) in [6, 6.07) is 13.5. The molecule has 0 unspecified atom stereocenters. The number of rotatable bonds is 8. The molecule has 0 radical (unpaired) electrons. The minimum Gasteiger partial charge on any atom is -0.459 e. The second kappa shape index (κ2) is 10.4. The summed E-state index contributed by atoms with van der Waals surface area (Å²) in [6.45, 7) is 7.84. The molecule has 4 rings (SSSR count). The molecule has 7 heteroatoms. The lowest BCUT2D eigenvalue weighted by molar-refractivity contribution is 0.0900. The highest BCUT2D eigenvalue weighted by Gasteiger charge is 2.26. The van der Waals surface area contributed by atoms with Gasteiger partial charge in [-0.3, -0.25) is 9.69 Å². The first kappa shape index (κ1) is 22.0. The second-order valence-corrected chi connectivity index (χ2v) is 8.62. The lowest BCUT2D eigenvalue weighted by Crippen LogP contribution is -2.32. The van der Waals surface area contributed by atoms with Crippen molar-refractivity contribution in [2.75, 3.05) is 19.6 Å². The summed E-state index contributed by atoms with van der Waals surface area (Å²) in [5.74, 6) is 2.30. The van der Waals surface area contributed by atoms with Crippen LogP contribution in [0.3, 0.4) is 0 Å². The molecule has 1 aliphatic heterocycles. The molecule has 32 heavy (non-hydrogen) atoms. The third-order valence-corrected chi connectivity index (χ3v) is 5.69. The molecule has 1 N–H and O–H groups in total. The van der Waals surface area contributed by atoms with E-state index in [-0.39, 0.29) is 11.9 Å². The van der Waals surface area contributed by atoms with E-state index in [4.69, 9.17) is 4.42 Å². The number of nitrogens with zero attached hydrogens (tertiary/aromatic N) is 4. The fourth-order valence-electron chi connectivity index (χ4n) is 4.07. The van der Waals surface area contributed by atoms with Crippen LogP contribution >= 0.6 is 0 Å². The Balaban J connectivity index is 1.43. The van der Waals surface area contributed by atoms with Gasteiger partial charge in [0, 0.05) is 32.6 Å². The molecular formula is C25H31N5O2. The van der Waals surface area contributed by atoms with Gasteiger partial charge in [0.25, 0.3) is 5.91 Å². The number of benzene rings is 1. The van der Waals surface area contributed by atoms with Crippen molar-refractivity contribution in [2.45, 2.75) is 39.3 Å². The Hall–Kier alpha value is -3.19. The lowest BCUT2D eigenvalue weighted by Gasteiger charge is -2.21. The maximum Gasteiger partial charge on any atom is 0.287 e. The Morgan fingerprint density at radius 3 is 2.72 bits per heavy atom. The predicted molar refractivity (Wildman–Crippen MR) is 124 cm³/mol. The Labute approximate surface area is 189 Å². The van der Waals surface area contributed by atoms with Gasteiger partial charge in [0.15, 0.2) is 11.6 Å². The Kier molecular flexibility index (Phi) is 7.17. The first-order valence-corrected chi connectivity index (χ1v) is 11.3. The Morgan fingerprint density at radius 2 is 1.97 bits per heavy atom. The number of aromatic nitrogens is 3. The highest BCUT2D eigenvalue weighted by molar-refractivity contribution is 5.91. The summed E-state index contributed by atoms with van der Waals surface area (Å²) in [4.78, 5) is 15.1. The van der Waals surface area contributed by atoms with Crippen molar-refractivity contribution in [3.63, 3.8) is 0 Å². The van der Waals surface area contributed by atoms with Gasteiger partial charge in [-0.1, -0.05) is 56.3 Å². The van der Waals surface area contributed by atoms with Gasteiger partial charge < -0.3 is 14.3 Å². The summed E-state index contributed by atoms with van der Waals surface area (Å²) in [5.41, 5.74) is 1.21. The van der Waals surface area contributed by atoms with Gasteiger partial charge in [-0.2, -0.15) is 0 Å². The van der Waals surface area contributed by atoms with Gasteiger partial charge in [0.2, 0.25) is 0 Å². The average molecular weight is 434 g/mol. The number of carbonyl (C=O) groups is 1. The lowest BCUT2D eigenvalue weighted by atomic mass is 10.0. The summed E-state index contributed by atoms with van der Waals surface area (Å²) >= 11 is 0. The van der Waals surface area contributed by atoms with Crippen LogP contribution in [-0.4, -0.2) is 45.2 Å². The van der Waals surface area contributed by atoms with E-state index in [1.165, 1.54) is 11.8 Å². The quantitative estimate of drug-likeness (QED) is 0.582. The van der Waals surface area contributed by atoms with Crippen LogP contribution in [0.15, 0.2) is 59.2 Å². The highest BCUT2D eigenvalue weighted by Crippen LogP contribution is 2.23. The molecule has 0 aliphatic carbocycles. The molecule has 0 saturated carbocycles. The fourth-order valence-corrected chi connectivity index (χ4v) is 4.07. The van der Waals surface area contributed by atoms with Crippen molar-refractivity contribution in [3.8, 4) is 0 Å². The first-order chi connectivity index (χ1) is 15.6. The maximum absolute atomic E-state index is 12.6. The topological polar surface area (TPSA) is 76.2 Å². The van der Waals surface area contributed by atoms with Crippen molar-refractivity contribution in [1.29, 1.82) is 0 Å². The fraction of sp³-hybridized carbons (Fsp3) is 0.400. The number of nitrogens with one attached hydrogen (secondary N) is 1. The smallest absolute Gasteiger partial charge is 0.287 e. The number of carbonyl (C=O) groups excluding carboxylic acids is 1. The largest absolute Gasteiger partial charge is 0.459 e. The summed E-state index contributed by atoms with van der Waals surface area (Å²) < 4.78 is 7.46. The van der Waals surface area contributed by atoms with Crippen molar-refractivity contribution in [3.05, 3.63) is 77.8 Å². The zero-order valence-electron chi connectivity index (χ0n) is 18.8. The first-order valence-electron chi connectivity index (χ1n) is 11.3. The van der Waals surface area contributed by atoms with E-state index in [0.29, 0.717) is 11.7 Å². The van der Waals surface area contributed by atoms with Crippen LogP contribution in [0, 0.1) is 5.92 Å². The number of hydrogen-bond donors (Lipinski definition) is 1. The molecule has 0 bridgehead atoms. The number of fused-ring (bicyclic) bond motifs is 1. The van der Waals surface area contributed by atoms with Crippen LogP contribution in [0.25, 0.3) is 6.08 Å². The van der Waals surface area contributed by atoms with Gasteiger partial charge in [0.1, 0.15) is 5.82 Å². The van der Waals surface area contributed by atoms with Crippen LogP contribution in [0.4, 0.5) is 0 Å². The Morgan fingerprint density at radius 1 is 1.12 bits per heavy atom. The number of hydrogen-bond acceptors (Lipinski definition) is 5. The van der Waals surface area contributed by atoms with Crippen molar-refractivity contribution < 1.29 is 9.21 Å². The van der Waals surface area contributed by atoms with E-state index >= 15 is 0 Å². The molecule has 0 spiro atoms. The molecule has 1 amide bonds. The summed E-state index contributed by atoms with van der Waals surface area (Å²) in [5, 5.41) is 12.1. The third kappa shape index (κ3) is 5.53. The highest BCUT2D eigenvalue weighted by atomic mass is 16.3. The minimum absolute atomic E-state index is 0.210. The van der Waals surface area contributed by atoms with E-state index in [1.54, 1.807) is 12.1 Å². The van der Waals surface area contributed by atoms with Gasteiger partial charge >= 0.3 is 0 Å². The molecule has 0 fully saturated rings. The molecule has 3 aromatic rings. The molecule has 0 saturated heterocycles. The second-order valence-electron chi connectivity index (χ2n) is 8.62. The summed E-state index contributed by atoms with van der Waals surface area (Å²) in [6.07, 6.45) is 7.52. The van der Waals surface area contributed by atoms with E-state index < -0.39 is 0 Å². The van der Waals surface area contributed by atoms with Gasteiger partial charge in [0.05, 0.1) is 12.3 Å². The van der Waals surface area contributed by atoms with Gasteiger partial charge in [-0.15, -0.1) is 10.2 Å². The van der Waals surface area contributed by atoms with Crippen LogP contribution in [-0.2, 0) is 13.0 Å². The van der Waals surface area contributed by atoms with Gasteiger partial charge in [-0.05, 0) is 30.0 Å². The van der Waals surface area contributed by atoms with Crippen molar-refractivity contribution in [2.24, 2.45) is 5.92 Å². The number of amides is 1. The van der Waals surface area contributed by atoms with E-state index in [0.717, 1.165) is 50.7 Å². The third-order valence-electron chi connectivity index (χ3n) is 5.69. The summed E-state index contributed by atoms with van der Waals surface area (Å²) in [7, 11) is 0. The minimum atomic E-state index is -0.223. The predicted octanol–water partition coefficient (Wildman–Crippen LogP) is 3.96. The van der Waals surface area contributed by atoms with E-state index in [2.05, 4.69) is 75.2 Å². The molecule has 2 aromatic heterocycles. The zero-order valence-corrected chi connectivity index (χ0v) is 18.8. The SMILES string of the molecule is CC(C)C[C@@H](NC(=O)c1ccco1)c1nnc2n1CCN(C/C=C/c1ccccc1)CC2. The zero-order chi connectivity index (χ0) is 22.3. The molecule has 1 aliphatic rings. The van der Waals surface area contributed by atoms with Crippen LogP contribution < -0.4 is 5.32 Å². The maximum atomic E-state index is 12.6. The molecular weight excluding hydrogens is 402 g/mol. The molecule has 1 atom stereocenters. The standard InChI is InChI=1S/C25H31N5O2/c1-19(2)18-21(26-25(31)22-11-7-17-32-22)24-28-27-23-12-14-29(15-16-30(23)24)13-6-10-20-8-4-3-5-9-20/h3-11,17,19,21H,12-16,18H2,1-2H3,(H,26,31)/b10-6+/t21-/m1/s1.